The molecule has 3 saturated carbocycles. The zero-order chi connectivity index (χ0) is 35.3. The number of carbonyl (C=O) groups excluding carboxylic acids is 1. The van der Waals surface area contributed by atoms with Gasteiger partial charge in [0, 0.05) is 28.3 Å². The number of nitrogens with two attached hydrogens (primary N) is 2. The molecule has 2 bridgehead atoms. The molecule has 0 aromatic rings. The summed E-state index contributed by atoms with van der Waals surface area (Å²) in [7, 11) is 0. The second-order valence-corrected chi connectivity index (χ2v) is 17.7. The van der Waals surface area contributed by atoms with Crippen molar-refractivity contribution in [1.29, 1.82) is 0 Å². The molecule has 12 atom stereocenters. The SMILES string of the molecule is CCCOC1CC23COCC(C)([C@@H]2CCC2C3=CCC3(C)C(OC(=O)O)C(C)([C@H](C)C(C)C)CCC23C)[C@H]1OC(=O)C(N)CCCCN. The molecule has 0 aromatic carbocycles. The van der Waals surface area contributed by atoms with Crippen molar-refractivity contribution in [3.8, 4) is 0 Å². The van der Waals surface area contributed by atoms with Crippen LogP contribution in [0.5, 0.6) is 0 Å². The van der Waals surface area contributed by atoms with Crippen LogP contribution in [0.15, 0.2) is 11.6 Å². The first kappa shape index (κ1) is 37.6. The fraction of sp³-hybridized carbons (Fsp3) is 0.897. The van der Waals surface area contributed by atoms with Gasteiger partial charge in [-0.3, -0.25) is 4.79 Å². The van der Waals surface area contributed by atoms with Gasteiger partial charge in [-0.2, -0.15) is 0 Å². The van der Waals surface area contributed by atoms with Crippen molar-refractivity contribution in [2.45, 2.75) is 144 Å². The number of rotatable bonds is 12. The van der Waals surface area contributed by atoms with Crippen molar-refractivity contribution in [3.05, 3.63) is 11.6 Å². The summed E-state index contributed by atoms with van der Waals surface area (Å²) in [6, 6.07) is -0.686. The van der Waals surface area contributed by atoms with Gasteiger partial charge in [0.1, 0.15) is 18.2 Å². The van der Waals surface area contributed by atoms with E-state index < -0.39 is 29.8 Å². The smallest absolute Gasteiger partial charge is 0.458 e. The van der Waals surface area contributed by atoms with Gasteiger partial charge < -0.3 is 35.5 Å². The molecular weight excluding hydrogens is 608 g/mol. The molecule has 0 amide bonds. The third-order valence-corrected chi connectivity index (χ3v) is 15.0. The van der Waals surface area contributed by atoms with Crippen LogP contribution in [0.3, 0.4) is 0 Å². The van der Waals surface area contributed by atoms with Crippen molar-refractivity contribution in [2.24, 2.45) is 62.2 Å². The second kappa shape index (κ2) is 13.8. The number of hydrogen-bond donors (Lipinski definition) is 3. The predicted octanol–water partition coefficient (Wildman–Crippen LogP) is 7.10. The van der Waals surface area contributed by atoms with E-state index in [0.717, 1.165) is 57.8 Å². The van der Waals surface area contributed by atoms with Gasteiger partial charge in [0.15, 0.2) is 0 Å². The molecule has 1 heterocycles. The Balaban J connectivity index is 1.53. The Kier molecular flexibility index (Phi) is 10.8. The Labute approximate surface area is 289 Å². The van der Waals surface area contributed by atoms with E-state index in [1.54, 1.807) is 0 Å². The Morgan fingerprint density at radius 3 is 2.42 bits per heavy atom. The molecule has 48 heavy (non-hydrogen) atoms. The van der Waals surface area contributed by atoms with Gasteiger partial charge in [0.25, 0.3) is 0 Å². The van der Waals surface area contributed by atoms with Gasteiger partial charge in [-0.15, -0.1) is 0 Å². The van der Waals surface area contributed by atoms with E-state index in [1.807, 2.05) is 0 Å². The van der Waals surface area contributed by atoms with Crippen LogP contribution in [0.4, 0.5) is 4.79 Å². The van der Waals surface area contributed by atoms with Gasteiger partial charge >= 0.3 is 12.1 Å². The zero-order valence-electron chi connectivity index (χ0n) is 31.1. The number of allylic oxidation sites excluding steroid dienone is 1. The molecule has 274 valence electrons. The van der Waals surface area contributed by atoms with E-state index in [4.69, 9.17) is 30.4 Å². The van der Waals surface area contributed by atoms with Crippen LogP contribution < -0.4 is 11.5 Å². The van der Waals surface area contributed by atoms with Crippen LogP contribution in [0.2, 0.25) is 0 Å². The molecule has 1 saturated heterocycles. The number of esters is 1. The van der Waals surface area contributed by atoms with E-state index in [1.165, 1.54) is 5.57 Å². The van der Waals surface area contributed by atoms with E-state index in [0.29, 0.717) is 44.6 Å². The van der Waals surface area contributed by atoms with Crippen molar-refractivity contribution in [3.63, 3.8) is 0 Å². The first-order valence-corrected chi connectivity index (χ1v) is 19.0. The Morgan fingerprint density at radius 2 is 1.77 bits per heavy atom. The fourth-order valence-electron chi connectivity index (χ4n) is 11.8. The molecule has 1 aliphatic heterocycles. The summed E-state index contributed by atoms with van der Waals surface area (Å²) in [5, 5.41) is 10.1. The van der Waals surface area contributed by atoms with Gasteiger partial charge in [-0.05, 0) is 93.4 Å². The standard InChI is InChI=1S/C39H66N2O7/c1-9-20-46-29-21-39-23-45-22-36(6,31(29)47-32(42)28(41)12-10-11-19-40)30(39)14-13-26-27(39)15-16-38(8)33(48-34(43)44)35(5,25(4)24(2)3)17-18-37(26,38)7/h15,24-26,28-31,33H,9-14,16-23,40-41H2,1-8H3,(H,43,44)/t25-,26?,28?,29?,30+,31+,33?,35?,36?,37?,38?,39?/m1/s1. The van der Waals surface area contributed by atoms with Crippen molar-refractivity contribution < 1.29 is 33.6 Å². The third-order valence-electron chi connectivity index (χ3n) is 15.0. The molecule has 5 rings (SSSR count). The summed E-state index contributed by atoms with van der Waals surface area (Å²) >= 11 is 0. The molecule has 9 heteroatoms. The monoisotopic (exact) mass is 674 g/mol. The van der Waals surface area contributed by atoms with E-state index in [9.17, 15) is 14.7 Å². The minimum atomic E-state index is -1.18. The summed E-state index contributed by atoms with van der Waals surface area (Å²) in [6.07, 6.45) is 8.67. The molecule has 0 aromatic heterocycles. The summed E-state index contributed by atoms with van der Waals surface area (Å²) in [4.78, 5) is 25.8. The van der Waals surface area contributed by atoms with E-state index in [2.05, 4.69) is 61.5 Å². The largest absolute Gasteiger partial charge is 0.506 e. The van der Waals surface area contributed by atoms with Crippen molar-refractivity contribution >= 4 is 12.1 Å². The third kappa shape index (κ3) is 5.84. The number of unbranched alkanes of at least 4 members (excludes halogenated alkanes) is 1. The van der Waals surface area contributed by atoms with Crippen LogP contribution in [0, 0.1) is 50.7 Å². The average Bonchev–Trinajstić information content (AvgIpc) is 3.03. The lowest BCUT2D eigenvalue weighted by atomic mass is 9.36. The maximum atomic E-state index is 13.5. The summed E-state index contributed by atoms with van der Waals surface area (Å²) in [5.74, 6) is 0.898. The molecule has 4 fully saturated rings. The highest BCUT2D eigenvalue weighted by Gasteiger charge is 2.72. The van der Waals surface area contributed by atoms with Gasteiger partial charge in [-0.1, -0.05) is 73.5 Å². The molecule has 9 nitrogen and oxygen atoms in total. The van der Waals surface area contributed by atoms with E-state index >= 15 is 0 Å². The lowest BCUT2D eigenvalue weighted by Crippen LogP contribution is -2.71. The maximum Gasteiger partial charge on any atom is 0.506 e. The number of carboxylic acid groups (broad SMARTS) is 1. The van der Waals surface area contributed by atoms with Crippen LogP contribution in [-0.4, -0.2) is 68.0 Å². The van der Waals surface area contributed by atoms with E-state index in [-0.39, 0.29) is 45.6 Å². The Morgan fingerprint density at radius 1 is 1.04 bits per heavy atom. The van der Waals surface area contributed by atoms with Gasteiger partial charge in [-0.25, -0.2) is 4.79 Å². The minimum absolute atomic E-state index is 0.152. The number of ether oxygens (including phenoxy) is 4. The molecule has 0 spiro atoms. The maximum absolute atomic E-state index is 13.5. The van der Waals surface area contributed by atoms with Crippen LogP contribution in [0.1, 0.15) is 120 Å². The summed E-state index contributed by atoms with van der Waals surface area (Å²) in [5.41, 5.74) is 12.1. The first-order chi connectivity index (χ1) is 22.6. The predicted molar refractivity (Wildman–Crippen MR) is 186 cm³/mol. The van der Waals surface area contributed by atoms with Crippen molar-refractivity contribution in [2.75, 3.05) is 26.4 Å². The number of carbonyl (C=O) groups is 2. The molecule has 5 aliphatic rings. The Bertz CT molecular complexity index is 1220. The molecule has 5 N–H and O–H groups in total. The highest BCUT2D eigenvalue weighted by atomic mass is 16.7. The fourth-order valence-corrected chi connectivity index (χ4v) is 11.8. The highest BCUT2D eigenvalue weighted by molar-refractivity contribution is 5.75. The topological polar surface area (TPSA) is 143 Å². The quantitative estimate of drug-likeness (QED) is 0.112. The molecule has 4 aliphatic carbocycles. The van der Waals surface area contributed by atoms with Crippen LogP contribution in [-0.2, 0) is 23.7 Å². The Hall–Kier alpha value is -1.68. The van der Waals surface area contributed by atoms with Crippen molar-refractivity contribution in [1.82, 2.24) is 0 Å². The number of hydrogen-bond acceptors (Lipinski definition) is 8. The summed E-state index contributed by atoms with van der Waals surface area (Å²) < 4.78 is 25.7. The minimum Gasteiger partial charge on any atom is -0.458 e. The lowest BCUT2D eigenvalue weighted by molar-refractivity contribution is -0.268. The molecular formula is C39H66N2O7. The first-order valence-electron chi connectivity index (χ1n) is 19.0. The molecule has 0 radical (unpaired) electrons. The summed E-state index contributed by atoms with van der Waals surface area (Å²) in [6.45, 7) is 20.4. The highest BCUT2D eigenvalue weighted by Crippen LogP contribution is 2.74. The van der Waals surface area contributed by atoms with Gasteiger partial charge in [0.2, 0.25) is 0 Å². The molecule has 9 unspecified atom stereocenters. The van der Waals surface area contributed by atoms with Crippen LogP contribution >= 0.6 is 0 Å². The van der Waals surface area contributed by atoms with Gasteiger partial charge in [0.05, 0.1) is 19.3 Å². The van der Waals surface area contributed by atoms with Crippen LogP contribution in [0.25, 0.3) is 0 Å². The number of fused-ring (bicyclic) bond motifs is 3. The normalized spacial score (nSPS) is 43.2. The second-order valence-electron chi connectivity index (χ2n) is 17.7. The lowest BCUT2D eigenvalue weighted by Gasteiger charge is -2.71. The zero-order valence-corrected chi connectivity index (χ0v) is 31.1. The average molecular weight is 675 g/mol.